The van der Waals surface area contributed by atoms with Gasteiger partial charge in [-0.05, 0) is 24.6 Å². The Labute approximate surface area is 76.1 Å². The van der Waals surface area contributed by atoms with E-state index in [0.29, 0.717) is 5.56 Å². The van der Waals surface area contributed by atoms with E-state index >= 15 is 0 Å². The molecule has 0 fully saturated rings. The quantitative estimate of drug-likeness (QED) is 0.669. The number of phenols is 1. The van der Waals surface area contributed by atoms with Crippen molar-refractivity contribution in [3.63, 3.8) is 0 Å². The molecule has 0 aliphatic rings. The van der Waals surface area contributed by atoms with E-state index < -0.39 is 0 Å². The summed E-state index contributed by atoms with van der Waals surface area (Å²) in [5.74, 6) is -0.303. The Morgan fingerprint density at radius 2 is 2.23 bits per heavy atom. The van der Waals surface area contributed by atoms with Crippen LogP contribution >= 0.6 is 0 Å². The van der Waals surface area contributed by atoms with Crippen LogP contribution in [0.15, 0.2) is 18.2 Å². The fraction of sp³-hybridized carbons (Fsp3) is 0.222. The summed E-state index contributed by atoms with van der Waals surface area (Å²) in [6.45, 7) is 1.78. The summed E-state index contributed by atoms with van der Waals surface area (Å²) in [7, 11) is 1.36. The minimum Gasteiger partial charge on any atom is -0.508 e. The maximum atomic E-state index is 11.3. The smallest absolute Gasteiger partial charge is 0.275 e. The zero-order valence-corrected chi connectivity index (χ0v) is 7.50. The summed E-state index contributed by atoms with van der Waals surface area (Å²) in [4.78, 5) is 15.7. The van der Waals surface area contributed by atoms with E-state index in [1.165, 1.54) is 19.2 Å². The van der Waals surface area contributed by atoms with Crippen LogP contribution in [-0.4, -0.2) is 18.1 Å². The van der Waals surface area contributed by atoms with Crippen LogP contribution in [0.1, 0.15) is 15.9 Å². The first-order valence-electron chi connectivity index (χ1n) is 3.78. The minimum atomic E-state index is -0.365. The van der Waals surface area contributed by atoms with Gasteiger partial charge in [0.05, 0.1) is 7.11 Å². The first-order chi connectivity index (χ1) is 6.15. The van der Waals surface area contributed by atoms with Gasteiger partial charge in [0.15, 0.2) is 0 Å². The number of carbonyl (C=O) groups is 1. The van der Waals surface area contributed by atoms with Crippen molar-refractivity contribution in [1.29, 1.82) is 0 Å². The van der Waals surface area contributed by atoms with Crippen molar-refractivity contribution in [3.05, 3.63) is 29.3 Å². The van der Waals surface area contributed by atoms with Crippen molar-refractivity contribution in [1.82, 2.24) is 5.48 Å². The molecule has 2 N–H and O–H groups in total. The number of aryl methyl sites for hydroxylation is 1. The van der Waals surface area contributed by atoms with Crippen LogP contribution in [0.25, 0.3) is 0 Å². The molecular weight excluding hydrogens is 170 g/mol. The Balaban J connectivity index is 2.99. The van der Waals surface area contributed by atoms with Gasteiger partial charge in [-0.1, -0.05) is 6.07 Å². The zero-order chi connectivity index (χ0) is 9.84. The van der Waals surface area contributed by atoms with Gasteiger partial charge in [-0.15, -0.1) is 0 Å². The topological polar surface area (TPSA) is 58.6 Å². The largest absolute Gasteiger partial charge is 0.508 e. The molecule has 0 bridgehead atoms. The average molecular weight is 181 g/mol. The summed E-state index contributed by atoms with van der Waals surface area (Å²) in [6.07, 6.45) is 0. The number of amides is 1. The van der Waals surface area contributed by atoms with E-state index in [1.54, 1.807) is 13.0 Å². The number of hydrogen-bond donors (Lipinski definition) is 2. The first kappa shape index (κ1) is 9.54. The second-order valence-corrected chi connectivity index (χ2v) is 2.63. The minimum absolute atomic E-state index is 0.0619. The van der Waals surface area contributed by atoms with E-state index in [4.69, 9.17) is 5.11 Å². The molecule has 0 spiro atoms. The predicted molar refractivity (Wildman–Crippen MR) is 47.3 cm³/mol. The van der Waals surface area contributed by atoms with Gasteiger partial charge in [-0.3, -0.25) is 9.63 Å². The fourth-order valence-electron chi connectivity index (χ4n) is 1.00. The molecule has 0 heterocycles. The molecule has 70 valence electrons. The maximum Gasteiger partial charge on any atom is 0.275 e. The summed E-state index contributed by atoms with van der Waals surface area (Å²) in [5, 5.41) is 9.13. The van der Waals surface area contributed by atoms with E-state index in [1.807, 2.05) is 0 Å². The summed E-state index contributed by atoms with van der Waals surface area (Å²) < 4.78 is 0. The molecule has 4 nitrogen and oxygen atoms in total. The molecule has 0 unspecified atom stereocenters. The van der Waals surface area contributed by atoms with Crippen LogP contribution in [0, 0.1) is 6.92 Å². The lowest BCUT2D eigenvalue weighted by atomic mass is 10.1. The maximum absolute atomic E-state index is 11.3. The Hall–Kier alpha value is -1.55. The molecule has 0 aliphatic carbocycles. The van der Waals surface area contributed by atoms with Gasteiger partial charge in [-0.25, -0.2) is 5.48 Å². The van der Waals surface area contributed by atoms with Crippen molar-refractivity contribution < 1.29 is 14.7 Å². The predicted octanol–water partition coefficient (Wildman–Crippen LogP) is 0.992. The second-order valence-electron chi connectivity index (χ2n) is 2.63. The molecule has 0 aliphatic heterocycles. The lowest BCUT2D eigenvalue weighted by Crippen LogP contribution is -2.22. The van der Waals surface area contributed by atoms with Gasteiger partial charge in [0.25, 0.3) is 5.91 Å². The number of carbonyl (C=O) groups excluding carboxylic acids is 1. The summed E-state index contributed by atoms with van der Waals surface area (Å²) >= 11 is 0. The molecule has 0 radical (unpaired) electrons. The molecule has 1 rings (SSSR count). The highest BCUT2D eigenvalue weighted by Gasteiger charge is 2.08. The number of benzene rings is 1. The molecule has 13 heavy (non-hydrogen) atoms. The van der Waals surface area contributed by atoms with Crippen LogP contribution in [0.3, 0.4) is 0 Å². The number of phenolic OH excluding ortho intramolecular Hbond substituents is 1. The van der Waals surface area contributed by atoms with Crippen LogP contribution in [0.4, 0.5) is 0 Å². The third kappa shape index (κ3) is 2.19. The Bertz CT molecular complexity index is 323. The van der Waals surface area contributed by atoms with Gasteiger partial charge < -0.3 is 5.11 Å². The van der Waals surface area contributed by atoms with Crippen LogP contribution < -0.4 is 5.48 Å². The number of rotatable bonds is 2. The van der Waals surface area contributed by atoms with E-state index in [0.717, 1.165) is 5.56 Å². The fourth-order valence-corrected chi connectivity index (χ4v) is 1.00. The van der Waals surface area contributed by atoms with Crippen molar-refractivity contribution in [2.75, 3.05) is 7.11 Å². The molecule has 1 aromatic rings. The van der Waals surface area contributed by atoms with Crippen LogP contribution in [0.5, 0.6) is 5.75 Å². The van der Waals surface area contributed by atoms with Gasteiger partial charge in [-0.2, -0.15) is 0 Å². The molecule has 1 amide bonds. The highest BCUT2D eigenvalue weighted by atomic mass is 16.6. The normalized spacial score (nSPS) is 9.69. The van der Waals surface area contributed by atoms with Crippen molar-refractivity contribution >= 4 is 5.91 Å². The van der Waals surface area contributed by atoms with E-state index in [2.05, 4.69) is 10.3 Å². The van der Waals surface area contributed by atoms with Crippen molar-refractivity contribution in [2.24, 2.45) is 0 Å². The zero-order valence-electron chi connectivity index (χ0n) is 7.50. The Morgan fingerprint density at radius 3 is 2.85 bits per heavy atom. The van der Waals surface area contributed by atoms with E-state index in [-0.39, 0.29) is 11.7 Å². The lowest BCUT2D eigenvalue weighted by molar-refractivity contribution is 0.0536. The molecule has 0 saturated carbocycles. The number of hydroxylamine groups is 1. The van der Waals surface area contributed by atoms with Crippen molar-refractivity contribution in [2.45, 2.75) is 6.92 Å². The average Bonchev–Trinajstić information content (AvgIpc) is 2.09. The van der Waals surface area contributed by atoms with E-state index in [9.17, 15) is 4.79 Å². The molecule has 0 atom stereocenters. The van der Waals surface area contributed by atoms with Gasteiger partial charge in [0.2, 0.25) is 0 Å². The summed E-state index contributed by atoms with van der Waals surface area (Å²) in [5.41, 5.74) is 3.37. The second kappa shape index (κ2) is 3.91. The van der Waals surface area contributed by atoms with Gasteiger partial charge >= 0.3 is 0 Å². The van der Waals surface area contributed by atoms with Crippen LogP contribution in [-0.2, 0) is 4.84 Å². The van der Waals surface area contributed by atoms with Crippen molar-refractivity contribution in [3.8, 4) is 5.75 Å². The number of hydrogen-bond acceptors (Lipinski definition) is 3. The Morgan fingerprint density at radius 1 is 1.54 bits per heavy atom. The molecule has 1 aromatic carbocycles. The standard InChI is InChI=1S/C9H11NO3/c1-6-3-4-7(11)5-8(6)9(12)10-13-2/h3-5,11H,1-2H3,(H,10,12). The highest BCUT2D eigenvalue weighted by Crippen LogP contribution is 2.15. The molecule has 0 aromatic heterocycles. The monoisotopic (exact) mass is 181 g/mol. The molecule has 4 heteroatoms. The lowest BCUT2D eigenvalue weighted by Gasteiger charge is -2.05. The van der Waals surface area contributed by atoms with Gasteiger partial charge in [0, 0.05) is 5.56 Å². The number of aromatic hydroxyl groups is 1. The van der Waals surface area contributed by atoms with Gasteiger partial charge in [0.1, 0.15) is 5.75 Å². The third-order valence-corrected chi connectivity index (χ3v) is 1.66. The highest BCUT2D eigenvalue weighted by molar-refractivity contribution is 5.95. The third-order valence-electron chi connectivity index (χ3n) is 1.66. The number of nitrogens with one attached hydrogen (secondary N) is 1. The Kier molecular flexibility index (Phi) is 2.87. The summed E-state index contributed by atoms with van der Waals surface area (Å²) in [6, 6.07) is 4.59. The van der Waals surface area contributed by atoms with Crippen LogP contribution in [0.2, 0.25) is 0 Å². The SMILES string of the molecule is CONC(=O)c1cc(O)ccc1C. The first-order valence-corrected chi connectivity index (χ1v) is 3.78. The molecule has 0 saturated heterocycles. The molecular formula is C9H11NO3.